The number of hydrogen-bond donors (Lipinski definition) is 0. The fourth-order valence-electron chi connectivity index (χ4n) is 5.25. The number of methoxy groups -OCH3 is 1. The first-order valence-corrected chi connectivity index (χ1v) is 14.0. The lowest BCUT2D eigenvalue weighted by Gasteiger charge is -2.30. The van der Waals surface area contributed by atoms with Crippen LogP contribution in [0.15, 0.2) is 59.9 Å². The van der Waals surface area contributed by atoms with E-state index >= 15 is 0 Å². The monoisotopic (exact) mass is 494 g/mol. The highest BCUT2D eigenvalue weighted by atomic mass is 16.5. The van der Waals surface area contributed by atoms with Crippen molar-refractivity contribution in [2.45, 2.75) is 86.1 Å². The number of nitrogens with zero attached hydrogens (tertiary/aromatic N) is 2. The summed E-state index contributed by atoms with van der Waals surface area (Å²) in [6, 6.07) is 8.80. The molecule has 0 N–H and O–H groups in total. The average Bonchev–Trinajstić information content (AvgIpc) is 3.22. The quantitative estimate of drug-likeness (QED) is 0.196. The molecule has 3 atom stereocenters. The van der Waals surface area contributed by atoms with Gasteiger partial charge in [0.1, 0.15) is 5.76 Å². The van der Waals surface area contributed by atoms with Crippen molar-refractivity contribution in [1.82, 2.24) is 4.90 Å². The molecule has 200 valence electrons. The van der Waals surface area contributed by atoms with Gasteiger partial charge < -0.3 is 9.64 Å². The number of ether oxygens (including phenoxy) is 1. The van der Waals surface area contributed by atoms with Gasteiger partial charge in [0.15, 0.2) is 0 Å². The van der Waals surface area contributed by atoms with Gasteiger partial charge in [-0.3, -0.25) is 9.69 Å². The number of rotatable bonds is 14. The van der Waals surface area contributed by atoms with E-state index in [1.807, 2.05) is 11.8 Å². The van der Waals surface area contributed by atoms with Crippen LogP contribution in [0.2, 0.25) is 0 Å². The number of unbranched alkanes of at least 4 members (excludes halogenated alkanes) is 1. The van der Waals surface area contributed by atoms with Gasteiger partial charge in [0.2, 0.25) is 5.91 Å². The Labute approximate surface area is 221 Å². The molecule has 1 aromatic carbocycles. The van der Waals surface area contributed by atoms with Crippen LogP contribution >= 0.6 is 0 Å². The number of anilines is 1. The van der Waals surface area contributed by atoms with Crippen molar-refractivity contribution in [2.24, 2.45) is 11.8 Å². The smallest absolute Gasteiger partial charge is 0.241 e. The highest BCUT2D eigenvalue weighted by molar-refractivity contribution is 5.94. The number of allylic oxidation sites excluding steroid dienone is 4. The second-order valence-corrected chi connectivity index (χ2v) is 10.5. The third-order valence-electron chi connectivity index (χ3n) is 7.38. The molecule has 1 fully saturated rings. The van der Waals surface area contributed by atoms with E-state index in [0.717, 1.165) is 55.8 Å². The molecule has 4 nitrogen and oxygen atoms in total. The molecule has 4 heteroatoms. The Kier molecular flexibility index (Phi) is 13.0. The van der Waals surface area contributed by atoms with E-state index in [1.54, 1.807) is 7.11 Å². The molecule has 0 aliphatic carbocycles. The first-order valence-electron chi connectivity index (χ1n) is 14.0. The Hall–Kier alpha value is -2.33. The van der Waals surface area contributed by atoms with Gasteiger partial charge in [0.25, 0.3) is 0 Å². The van der Waals surface area contributed by atoms with Gasteiger partial charge in [-0.2, -0.15) is 0 Å². The highest BCUT2D eigenvalue weighted by Gasteiger charge is 2.33. The van der Waals surface area contributed by atoms with E-state index in [4.69, 9.17) is 4.74 Å². The van der Waals surface area contributed by atoms with Crippen LogP contribution in [0.1, 0.15) is 78.7 Å². The molecule has 1 aliphatic rings. The lowest BCUT2D eigenvalue weighted by Crippen LogP contribution is -2.43. The third-order valence-corrected chi connectivity index (χ3v) is 7.38. The fourth-order valence-corrected chi connectivity index (χ4v) is 5.25. The summed E-state index contributed by atoms with van der Waals surface area (Å²) in [5, 5.41) is 0. The Morgan fingerprint density at radius 1 is 1.28 bits per heavy atom. The number of benzene rings is 1. The largest absolute Gasteiger partial charge is 0.497 e. The number of carbonyl (C=O) groups is 1. The second-order valence-electron chi connectivity index (χ2n) is 10.5. The van der Waals surface area contributed by atoms with E-state index < -0.39 is 0 Å². The molecule has 1 aliphatic heterocycles. The first-order chi connectivity index (χ1) is 17.3. The minimum absolute atomic E-state index is 0.220. The fraction of sp³-hybridized carbons (Fsp3) is 0.594. The SMILES string of the molecule is C\C=C(C)/C(=C\C=C\C1C[C@H](CC(C)CCC)N(CC(=O)N(CCCC)c2cccc(C)c2)C1)OC. The van der Waals surface area contributed by atoms with Gasteiger partial charge in [0.05, 0.1) is 13.7 Å². The average molecular weight is 495 g/mol. The lowest BCUT2D eigenvalue weighted by atomic mass is 9.94. The van der Waals surface area contributed by atoms with Gasteiger partial charge in [-0.05, 0) is 81.2 Å². The van der Waals surface area contributed by atoms with Crippen LogP contribution in [0.5, 0.6) is 0 Å². The summed E-state index contributed by atoms with van der Waals surface area (Å²) in [5.74, 6) is 2.24. The topological polar surface area (TPSA) is 32.8 Å². The molecule has 0 spiro atoms. The maximum absolute atomic E-state index is 13.7. The van der Waals surface area contributed by atoms with Crippen LogP contribution in [-0.4, -0.2) is 43.6 Å². The predicted octanol–water partition coefficient (Wildman–Crippen LogP) is 7.70. The molecule has 0 saturated carbocycles. The predicted molar refractivity (Wildman–Crippen MR) is 154 cm³/mol. The van der Waals surface area contributed by atoms with Crippen molar-refractivity contribution < 1.29 is 9.53 Å². The van der Waals surface area contributed by atoms with Crippen LogP contribution in [-0.2, 0) is 9.53 Å². The van der Waals surface area contributed by atoms with Gasteiger partial charge in [-0.15, -0.1) is 0 Å². The zero-order valence-corrected chi connectivity index (χ0v) is 23.9. The van der Waals surface area contributed by atoms with Crippen LogP contribution in [0.3, 0.4) is 0 Å². The van der Waals surface area contributed by atoms with Crippen LogP contribution < -0.4 is 4.90 Å². The molecule has 1 heterocycles. The standard InChI is InChI=1S/C32H50N2O2/c1-8-11-19-34(29-17-12-15-26(5)20-29)32(35)24-33-23-28(22-30(33)21-25(4)14-9-2)16-13-18-31(36-7)27(6)10-3/h10,12-13,15-18,20,25,28,30H,8-9,11,14,19,21-24H2,1-7H3/b16-13+,27-10-,31-18+/t25?,28?,30-/m0/s1. The Bertz CT molecular complexity index is 901. The van der Waals surface area contributed by atoms with Crippen molar-refractivity contribution in [3.63, 3.8) is 0 Å². The first kappa shape index (κ1) is 29.9. The van der Waals surface area contributed by atoms with Gasteiger partial charge in [0, 0.05) is 24.8 Å². The van der Waals surface area contributed by atoms with Crippen LogP contribution in [0.4, 0.5) is 5.69 Å². The summed E-state index contributed by atoms with van der Waals surface area (Å²) >= 11 is 0. The van der Waals surface area contributed by atoms with E-state index in [0.29, 0.717) is 24.4 Å². The summed E-state index contributed by atoms with van der Waals surface area (Å²) in [6.07, 6.45) is 15.4. The zero-order valence-electron chi connectivity index (χ0n) is 23.9. The van der Waals surface area contributed by atoms with E-state index in [-0.39, 0.29) is 5.91 Å². The van der Waals surface area contributed by atoms with Gasteiger partial charge in [-0.25, -0.2) is 0 Å². The summed E-state index contributed by atoms with van der Waals surface area (Å²) in [7, 11) is 1.72. The van der Waals surface area contributed by atoms with Crippen molar-refractivity contribution in [3.05, 3.63) is 65.5 Å². The number of carbonyl (C=O) groups excluding carboxylic acids is 1. The minimum atomic E-state index is 0.220. The van der Waals surface area contributed by atoms with Crippen molar-refractivity contribution in [3.8, 4) is 0 Å². The van der Waals surface area contributed by atoms with E-state index in [1.165, 1.54) is 18.4 Å². The van der Waals surface area contributed by atoms with Gasteiger partial charge >= 0.3 is 0 Å². The van der Waals surface area contributed by atoms with Crippen LogP contribution in [0.25, 0.3) is 0 Å². The molecule has 0 bridgehead atoms. The number of hydrogen-bond acceptors (Lipinski definition) is 3. The summed E-state index contributed by atoms with van der Waals surface area (Å²) in [4.78, 5) is 18.1. The number of likely N-dealkylation sites (tertiary alicyclic amines) is 1. The number of amides is 1. The Morgan fingerprint density at radius 3 is 2.69 bits per heavy atom. The molecule has 1 amide bonds. The lowest BCUT2D eigenvalue weighted by molar-refractivity contribution is -0.120. The maximum atomic E-state index is 13.7. The molecular formula is C32H50N2O2. The molecule has 1 aromatic rings. The highest BCUT2D eigenvalue weighted by Crippen LogP contribution is 2.30. The molecule has 2 unspecified atom stereocenters. The molecule has 1 saturated heterocycles. The summed E-state index contributed by atoms with van der Waals surface area (Å²) in [5.41, 5.74) is 3.35. The zero-order chi connectivity index (χ0) is 26.5. The molecule has 36 heavy (non-hydrogen) atoms. The normalized spacial score (nSPS) is 20.2. The molecular weight excluding hydrogens is 444 g/mol. The number of aryl methyl sites for hydroxylation is 1. The maximum Gasteiger partial charge on any atom is 0.241 e. The van der Waals surface area contributed by atoms with Crippen molar-refractivity contribution >= 4 is 11.6 Å². The third kappa shape index (κ3) is 9.28. The van der Waals surface area contributed by atoms with Crippen molar-refractivity contribution in [1.29, 1.82) is 0 Å². The molecule has 2 rings (SSSR count). The Morgan fingerprint density at radius 2 is 2.06 bits per heavy atom. The second kappa shape index (κ2) is 15.7. The molecule has 0 aromatic heterocycles. The Balaban J connectivity index is 2.19. The minimum Gasteiger partial charge on any atom is -0.497 e. The van der Waals surface area contributed by atoms with E-state index in [9.17, 15) is 4.79 Å². The molecule has 0 radical (unpaired) electrons. The summed E-state index contributed by atoms with van der Waals surface area (Å²) in [6.45, 7) is 15.2. The van der Waals surface area contributed by atoms with Crippen molar-refractivity contribution in [2.75, 3.05) is 31.6 Å². The van der Waals surface area contributed by atoms with Gasteiger partial charge in [-0.1, -0.05) is 70.4 Å². The van der Waals surface area contributed by atoms with Crippen LogP contribution in [0, 0.1) is 18.8 Å². The van der Waals surface area contributed by atoms with E-state index in [2.05, 4.69) is 88.1 Å². The summed E-state index contributed by atoms with van der Waals surface area (Å²) < 4.78 is 5.53.